The van der Waals surface area contributed by atoms with Crippen LogP contribution < -0.4 is 5.32 Å². The van der Waals surface area contributed by atoms with Gasteiger partial charge in [-0.25, -0.2) is 0 Å². The number of anilines is 2. The number of nitrogens with one attached hydrogen (secondary N) is 1. The summed E-state index contributed by atoms with van der Waals surface area (Å²) in [5.74, 6) is 2.08. The Hall–Kier alpha value is -1.56. The van der Waals surface area contributed by atoms with Crippen LogP contribution in [0.2, 0.25) is 5.02 Å². The highest BCUT2D eigenvalue weighted by Crippen LogP contribution is 2.36. The zero-order valence-corrected chi connectivity index (χ0v) is 14.6. The Morgan fingerprint density at radius 3 is 2.70 bits per heavy atom. The van der Waals surface area contributed by atoms with Gasteiger partial charge in [-0.2, -0.15) is 0 Å². The molecule has 1 heterocycles. The van der Waals surface area contributed by atoms with Gasteiger partial charge in [0.1, 0.15) is 0 Å². The fraction of sp³-hybridized carbons (Fsp3) is 0.0588. The normalized spacial score (nSPS) is 10.7. The van der Waals surface area contributed by atoms with Crippen molar-refractivity contribution in [1.29, 1.82) is 0 Å². The lowest BCUT2D eigenvalue weighted by atomic mass is 10.2. The van der Waals surface area contributed by atoms with Gasteiger partial charge < -0.3 is 5.32 Å². The standard InChI is InChI=1S/C17H14ClN3S2/c1-2-11-22-15-6-4-3-5-14(15)16-20-21-17(23-16)19-13-9-7-12(18)8-10-13/h3-11H,1-2H2,(H,19,21). The van der Waals surface area contributed by atoms with Gasteiger partial charge in [-0.3, -0.25) is 0 Å². The lowest BCUT2D eigenvalue weighted by Crippen LogP contribution is -1.88. The number of benzene rings is 2. The second-order valence-corrected chi connectivity index (χ2v) is 7.04. The molecule has 1 aromatic heterocycles. The Bertz CT molecular complexity index is 772. The molecule has 3 nitrogen and oxygen atoms in total. The summed E-state index contributed by atoms with van der Waals surface area (Å²) in [5, 5.41) is 14.1. The van der Waals surface area contributed by atoms with Crippen LogP contribution in [0.1, 0.15) is 6.42 Å². The summed E-state index contributed by atoms with van der Waals surface area (Å²) in [4.78, 5) is 1.16. The number of hydrogen-bond acceptors (Lipinski definition) is 5. The molecule has 0 aliphatic rings. The van der Waals surface area contributed by atoms with Crippen LogP contribution in [0.15, 0.2) is 53.4 Å². The van der Waals surface area contributed by atoms with Gasteiger partial charge in [0, 0.05) is 26.9 Å². The Morgan fingerprint density at radius 1 is 1.13 bits per heavy atom. The van der Waals surface area contributed by atoms with Gasteiger partial charge in [-0.1, -0.05) is 48.1 Å². The van der Waals surface area contributed by atoms with Gasteiger partial charge in [0.2, 0.25) is 5.13 Å². The Kier molecular flexibility index (Phi) is 5.54. The molecular weight excluding hydrogens is 346 g/mol. The minimum absolute atomic E-state index is 0.709. The van der Waals surface area contributed by atoms with Crippen LogP contribution >= 0.6 is 34.7 Å². The molecule has 0 aliphatic heterocycles. The molecule has 0 saturated carbocycles. The van der Waals surface area contributed by atoms with Crippen LogP contribution in [0.3, 0.4) is 0 Å². The number of nitrogens with zero attached hydrogens (tertiary/aromatic N) is 2. The highest BCUT2D eigenvalue weighted by molar-refractivity contribution is 8.01. The third-order valence-corrected chi connectivity index (χ3v) is 5.10. The Morgan fingerprint density at radius 2 is 1.91 bits per heavy atom. The van der Waals surface area contributed by atoms with Crippen molar-refractivity contribution in [3.63, 3.8) is 0 Å². The molecule has 3 rings (SSSR count). The van der Waals surface area contributed by atoms with Crippen LogP contribution in [-0.2, 0) is 0 Å². The zero-order chi connectivity index (χ0) is 16.1. The van der Waals surface area contributed by atoms with Crippen LogP contribution in [-0.4, -0.2) is 10.2 Å². The monoisotopic (exact) mass is 359 g/mol. The molecule has 23 heavy (non-hydrogen) atoms. The maximum Gasteiger partial charge on any atom is 0.210 e. The van der Waals surface area contributed by atoms with E-state index < -0.39 is 0 Å². The van der Waals surface area contributed by atoms with E-state index in [0.29, 0.717) is 5.02 Å². The molecule has 0 saturated heterocycles. The quantitative estimate of drug-likeness (QED) is 0.541. The van der Waals surface area contributed by atoms with Crippen molar-refractivity contribution >= 4 is 45.5 Å². The van der Waals surface area contributed by atoms with E-state index in [2.05, 4.69) is 40.3 Å². The van der Waals surface area contributed by atoms with Crippen LogP contribution in [0.5, 0.6) is 0 Å². The third kappa shape index (κ3) is 4.25. The van der Waals surface area contributed by atoms with Crippen molar-refractivity contribution in [2.24, 2.45) is 0 Å². The van der Waals surface area contributed by atoms with Crippen molar-refractivity contribution < 1.29 is 0 Å². The predicted octanol–water partition coefficient (Wildman–Crippen LogP) is 6.08. The maximum atomic E-state index is 5.89. The van der Waals surface area contributed by atoms with Gasteiger partial charge >= 0.3 is 0 Å². The summed E-state index contributed by atoms with van der Waals surface area (Å²) in [7, 11) is 0. The molecule has 2 radical (unpaired) electrons. The highest BCUT2D eigenvalue weighted by atomic mass is 35.5. The number of aromatic nitrogens is 2. The van der Waals surface area contributed by atoms with Crippen molar-refractivity contribution in [3.05, 3.63) is 66.2 Å². The van der Waals surface area contributed by atoms with E-state index in [1.807, 2.05) is 36.4 Å². The fourth-order valence-electron chi connectivity index (χ4n) is 1.93. The molecule has 0 unspecified atom stereocenters. The van der Waals surface area contributed by atoms with E-state index in [0.717, 1.165) is 32.7 Å². The van der Waals surface area contributed by atoms with E-state index in [-0.39, 0.29) is 0 Å². The van der Waals surface area contributed by atoms with Gasteiger partial charge in [-0.05, 0) is 36.8 Å². The molecule has 0 atom stereocenters. The summed E-state index contributed by atoms with van der Waals surface area (Å²) < 4.78 is 0. The van der Waals surface area contributed by atoms with E-state index in [1.165, 1.54) is 11.3 Å². The second-order valence-electron chi connectivity index (χ2n) is 4.61. The first-order valence-electron chi connectivity index (χ1n) is 6.99. The van der Waals surface area contributed by atoms with Crippen molar-refractivity contribution in [1.82, 2.24) is 10.2 Å². The van der Waals surface area contributed by atoms with Crippen molar-refractivity contribution in [3.8, 4) is 10.6 Å². The first-order valence-corrected chi connectivity index (χ1v) is 9.07. The van der Waals surface area contributed by atoms with E-state index in [9.17, 15) is 0 Å². The van der Waals surface area contributed by atoms with E-state index in [1.54, 1.807) is 11.8 Å². The van der Waals surface area contributed by atoms with Gasteiger partial charge in [0.25, 0.3) is 0 Å². The number of rotatable bonds is 6. The molecule has 1 N–H and O–H groups in total. The molecule has 0 spiro atoms. The average molecular weight is 360 g/mol. The second kappa shape index (κ2) is 7.81. The molecule has 0 aliphatic carbocycles. The molecule has 2 aromatic carbocycles. The average Bonchev–Trinajstić information content (AvgIpc) is 3.04. The zero-order valence-electron chi connectivity index (χ0n) is 12.2. The summed E-state index contributed by atoms with van der Waals surface area (Å²) in [6, 6.07) is 15.7. The topological polar surface area (TPSA) is 37.8 Å². The SMILES string of the molecule is [CH2]C[CH]Sc1ccccc1-c1nnc(Nc2ccc(Cl)cc2)s1. The summed E-state index contributed by atoms with van der Waals surface area (Å²) >= 11 is 9.09. The molecule has 0 amide bonds. The van der Waals surface area contributed by atoms with E-state index >= 15 is 0 Å². The molecule has 0 fully saturated rings. The molecule has 6 heteroatoms. The fourth-order valence-corrected chi connectivity index (χ4v) is 3.67. The minimum Gasteiger partial charge on any atom is -0.330 e. The van der Waals surface area contributed by atoms with Gasteiger partial charge in [0.15, 0.2) is 5.01 Å². The minimum atomic E-state index is 0.709. The molecule has 3 aromatic rings. The lowest BCUT2D eigenvalue weighted by Gasteiger charge is -2.04. The number of halogens is 1. The molecule has 0 bridgehead atoms. The molecular formula is C17H14ClN3S2. The Balaban J connectivity index is 1.80. The summed E-state index contributed by atoms with van der Waals surface area (Å²) in [6.07, 6.45) is 0.776. The summed E-state index contributed by atoms with van der Waals surface area (Å²) in [6.45, 7) is 3.84. The smallest absolute Gasteiger partial charge is 0.210 e. The first kappa shape index (κ1) is 16.3. The van der Waals surface area contributed by atoms with Crippen LogP contribution in [0.4, 0.5) is 10.8 Å². The number of thioether (sulfide) groups is 1. The van der Waals surface area contributed by atoms with E-state index in [4.69, 9.17) is 11.6 Å². The first-order chi connectivity index (χ1) is 11.3. The van der Waals surface area contributed by atoms with Gasteiger partial charge in [0.05, 0.1) is 0 Å². The Labute approximate surface area is 149 Å². The maximum absolute atomic E-state index is 5.89. The lowest BCUT2D eigenvalue weighted by molar-refractivity contribution is 1.09. The van der Waals surface area contributed by atoms with Gasteiger partial charge in [-0.15, -0.1) is 22.0 Å². The number of hydrogen-bond donors (Lipinski definition) is 1. The third-order valence-electron chi connectivity index (χ3n) is 2.97. The summed E-state index contributed by atoms with van der Waals surface area (Å²) in [5.41, 5.74) is 2.02. The predicted molar refractivity (Wildman–Crippen MR) is 100 cm³/mol. The largest absolute Gasteiger partial charge is 0.330 e. The molecule has 116 valence electrons. The van der Waals surface area contributed by atoms with Crippen LogP contribution in [0.25, 0.3) is 10.6 Å². The highest BCUT2D eigenvalue weighted by Gasteiger charge is 2.11. The van der Waals surface area contributed by atoms with Crippen LogP contribution in [0, 0.1) is 12.7 Å². The van der Waals surface area contributed by atoms with Crippen molar-refractivity contribution in [2.45, 2.75) is 11.3 Å². The van der Waals surface area contributed by atoms with Crippen molar-refractivity contribution in [2.75, 3.05) is 5.32 Å².